The molecule has 0 aliphatic rings. The Hall–Kier alpha value is -1.80. The van der Waals surface area contributed by atoms with E-state index in [1.807, 2.05) is 4.90 Å². The molecule has 0 N–H and O–H groups in total. The zero-order valence-electron chi connectivity index (χ0n) is 32.4. The van der Waals surface area contributed by atoms with E-state index >= 15 is 0 Å². The van der Waals surface area contributed by atoms with Crippen molar-refractivity contribution in [2.45, 2.75) is 168 Å². The van der Waals surface area contributed by atoms with Gasteiger partial charge in [0.2, 0.25) is 0 Å². The summed E-state index contributed by atoms with van der Waals surface area (Å²) in [6.07, 6.45) is 32.1. The average Bonchev–Trinajstić information content (AvgIpc) is 3.10. The number of nitrogens with zero attached hydrogens (tertiary/aromatic N) is 2. The molecular weight excluding hydrogens is 633 g/mol. The van der Waals surface area contributed by atoms with Crippen LogP contribution in [0.1, 0.15) is 168 Å². The molecule has 0 saturated heterocycles. The van der Waals surface area contributed by atoms with Crippen molar-refractivity contribution in [3.8, 4) is 0 Å². The van der Waals surface area contributed by atoms with Crippen LogP contribution in [0.4, 0.5) is 4.79 Å². The van der Waals surface area contributed by atoms with Gasteiger partial charge < -0.3 is 19.3 Å². The van der Waals surface area contributed by atoms with Crippen molar-refractivity contribution in [3.05, 3.63) is 24.3 Å². The fourth-order valence-corrected chi connectivity index (χ4v) is 6.14. The summed E-state index contributed by atoms with van der Waals surface area (Å²) in [7, 11) is 2.12. The highest BCUT2D eigenvalue weighted by Gasteiger charge is 2.14. The number of esters is 2. The molecule has 49 heavy (non-hydrogen) atoms. The van der Waals surface area contributed by atoms with Gasteiger partial charge in [-0.15, -0.1) is 0 Å². The second-order valence-corrected chi connectivity index (χ2v) is 14.4. The van der Waals surface area contributed by atoms with Crippen molar-refractivity contribution < 1.29 is 23.9 Å². The molecule has 0 radical (unpaired) electrons. The Balaban J connectivity index is 4.18. The number of hydrogen-bond donors (Lipinski definition) is 0. The second kappa shape index (κ2) is 37.5. The monoisotopic (exact) mass is 709 g/mol. The van der Waals surface area contributed by atoms with Gasteiger partial charge in [0.15, 0.2) is 0 Å². The standard InChI is InChI=1S/C41H76N2O5S/c1-5-8-10-12-14-16-18-24-31-39(44)47-36-28-22-20-26-34-43(41(46)49-38-30-33-42(4)7-3)35-27-21-23-29-37-48-40(45)32-25-19-17-15-13-11-9-6-2/h16-19H,5-15,20-38H2,1-4H3. The SMILES string of the molecule is CCCCCCC=CCCC(=O)OCCCCCCN(CCCCCCOC(=O)CCC=CCCCCCC)C(=O)SCCCN(C)CC. The third kappa shape index (κ3) is 34.4. The van der Waals surface area contributed by atoms with E-state index in [4.69, 9.17) is 9.47 Å². The molecule has 0 bridgehead atoms. The molecule has 0 heterocycles. The Bertz CT molecular complexity index is 783. The summed E-state index contributed by atoms with van der Waals surface area (Å²) < 4.78 is 10.8. The van der Waals surface area contributed by atoms with Crippen LogP contribution in [-0.2, 0) is 19.1 Å². The predicted molar refractivity (Wildman–Crippen MR) is 210 cm³/mol. The van der Waals surface area contributed by atoms with E-state index in [9.17, 15) is 14.4 Å². The molecule has 0 rings (SSSR count). The second-order valence-electron chi connectivity index (χ2n) is 13.3. The first kappa shape index (κ1) is 47.2. The van der Waals surface area contributed by atoms with Gasteiger partial charge in [0.25, 0.3) is 5.24 Å². The highest BCUT2D eigenvalue weighted by molar-refractivity contribution is 8.13. The maximum atomic E-state index is 13.1. The quantitative estimate of drug-likeness (QED) is 0.0368. The molecule has 0 aliphatic carbocycles. The normalized spacial score (nSPS) is 11.6. The van der Waals surface area contributed by atoms with E-state index < -0.39 is 0 Å². The zero-order valence-corrected chi connectivity index (χ0v) is 33.2. The van der Waals surface area contributed by atoms with Crippen LogP contribution in [0.25, 0.3) is 0 Å². The number of ether oxygens (including phenoxy) is 2. The lowest BCUT2D eigenvalue weighted by atomic mass is 10.1. The molecule has 0 aromatic carbocycles. The van der Waals surface area contributed by atoms with Gasteiger partial charge >= 0.3 is 11.9 Å². The summed E-state index contributed by atoms with van der Waals surface area (Å²) in [6.45, 7) is 11.1. The molecule has 0 saturated carbocycles. The van der Waals surface area contributed by atoms with Crippen LogP contribution in [0.15, 0.2) is 24.3 Å². The Morgan fingerprint density at radius 2 is 0.980 bits per heavy atom. The van der Waals surface area contributed by atoms with E-state index in [0.29, 0.717) is 26.1 Å². The van der Waals surface area contributed by atoms with Crippen molar-refractivity contribution in [1.29, 1.82) is 0 Å². The number of rotatable bonds is 35. The minimum Gasteiger partial charge on any atom is -0.466 e. The number of unbranched alkanes of at least 4 members (excludes halogenated alkanes) is 14. The fraction of sp³-hybridized carbons (Fsp3) is 0.829. The molecule has 0 aliphatic heterocycles. The van der Waals surface area contributed by atoms with E-state index in [0.717, 1.165) is 115 Å². The fourth-order valence-electron chi connectivity index (χ4n) is 5.32. The number of allylic oxidation sites excluding steroid dienone is 4. The summed E-state index contributed by atoms with van der Waals surface area (Å²) in [4.78, 5) is 41.4. The van der Waals surface area contributed by atoms with E-state index in [1.165, 1.54) is 63.1 Å². The van der Waals surface area contributed by atoms with Gasteiger partial charge in [0, 0.05) is 31.7 Å². The van der Waals surface area contributed by atoms with Crippen molar-refractivity contribution in [2.75, 3.05) is 52.2 Å². The number of hydrogen-bond acceptors (Lipinski definition) is 7. The Labute approximate surface area is 306 Å². The summed E-state index contributed by atoms with van der Waals surface area (Å²) in [5.74, 6) is 0.632. The van der Waals surface area contributed by atoms with Gasteiger partial charge in [-0.3, -0.25) is 14.4 Å². The summed E-state index contributed by atoms with van der Waals surface area (Å²) in [5, 5.41) is 0.187. The van der Waals surface area contributed by atoms with Gasteiger partial charge in [-0.25, -0.2) is 0 Å². The van der Waals surface area contributed by atoms with Crippen LogP contribution in [-0.4, -0.2) is 79.2 Å². The van der Waals surface area contributed by atoms with E-state index in [1.54, 1.807) is 0 Å². The topological polar surface area (TPSA) is 76.1 Å². The van der Waals surface area contributed by atoms with Crippen LogP contribution < -0.4 is 0 Å². The third-order valence-corrected chi connectivity index (χ3v) is 9.69. The lowest BCUT2D eigenvalue weighted by Gasteiger charge is -2.22. The lowest BCUT2D eigenvalue weighted by Crippen LogP contribution is -2.30. The summed E-state index contributed by atoms with van der Waals surface area (Å²) >= 11 is 1.45. The molecule has 0 fully saturated rings. The molecule has 1 amide bonds. The Morgan fingerprint density at radius 1 is 0.531 bits per heavy atom. The molecule has 0 unspecified atom stereocenters. The van der Waals surface area contributed by atoms with Gasteiger partial charge in [0.05, 0.1) is 13.2 Å². The van der Waals surface area contributed by atoms with Crippen molar-refractivity contribution >= 4 is 28.9 Å². The average molecular weight is 709 g/mol. The zero-order chi connectivity index (χ0) is 36.0. The molecule has 0 atom stereocenters. The minimum atomic E-state index is -0.107. The Morgan fingerprint density at radius 3 is 1.45 bits per heavy atom. The van der Waals surface area contributed by atoms with Crippen LogP contribution in [0.2, 0.25) is 0 Å². The van der Waals surface area contributed by atoms with E-state index in [2.05, 4.69) is 57.0 Å². The van der Waals surface area contributed by atoms with Crippen LogP contribution in [0, 0.1) is 0 Å². The van der Waals surface area contributed by atoms with Crippen LogP contribution in [0.5, 0.6) is 0 Å². The largest absolute Gasteiger partial charge is 0.466 e. The highest BCUT2D eigenvalue weighted by atomic mass is 32.2. The van der Waals surface area contributed by atoms with Gasteiger partial charge in [-0.2, -0.15) is 0 Å². The minimum absolute atomic E-state index is 0.107. The number of thioether (sulfide) groups is 1. The van der Waals surface area contributed by atoms with Crippen molar-refractivity contribution in [2.24, 2.45) is 0 Å². The first-order chi connectivity index (χ1) is 23.9. The van der Waals surface area contributed by atoms with Gasteiger partial charge in [-0.05, 0) is 104 Å². The van der Waals surface area contributed by atoms with Crippen molar-refractivity contribution in [1.82, 2.24) is 9.80 Å². The number of carbonyl (C=O) groups is 3. The summed E-state index contributed by atoms with van der Waals surface area (Å²) in [5.41, 5.74) is 0. The molecule has 286 valence electrons. The molecular formula is C41H76N2O5S. The molecule has 0 aromatic rings. The first-order valence-electron chi connectivity index (χ1n) is 20.2. The molecule has 0 aromatic heterocycles. The lowest BCUT2D eigenvalue weighted by molar-refractivity contribution is -0.144. The highest BCUT2D eigenvalue weighted by Crippen LogP contribution is 2.15. The third-order valence-electron chi connectivity index (χ3n) is 8.69. The maximum absolute atomic E-state index is 13.1. The molecule has 0 spiro atoms. The first-order valence-corrected chi connectivity index (χ1v) is 21.1. The molecule has 8 heteroatoms. The maximum Gasteiger partial charge on any atom is 0.306 e. The van der Waals surface area contributed by atoms with Crippen LogP contribution >= 0.6 is 11.8 Å². The van der Waals surface area contributed by atoms with E-state index in [-0.39, 0.29) is 17.2 Å². The number of amides is 1. The Kier molecular flexibility index (Phi) is 36.1. The summed E-state index contributed by atoms with van der Waals surface area (Å²) in [6, 6.07) is 0. The van der Waals surface area contributed by atoms with Gasteiger partial charge in [-0.1, -0.05) is 108 Å². The number of carbonyl (C=O) groups excluding carboxylic acids is 3. The van der Waals surface area contributed by atoms with Gasteiger partial charge in [0.1, 0.15) is 0 Å². The molecule has 7 nitrogen and oxygen atoms in total. The van der Waals surface area contributed by atoms with Crippen LogP contribution in [0.3, 0.4) is 0 Å². The van der Waals surface area contributed by atoms with Crippen molar-refractivity contribution in [3.63, 3.8) is 0 Å². The smallest absolute Gasteiger partial charge is 0.306 e. The predicted octanol–water partition coefficient (Wildman–Crippen LogP) is 11.3.